The minimum atomic E-state index is 0.183. The Hall–Kier alpha value is -0.580. The lowest BCUT2D eigenvalue weighted by Crippen LogP contribution is -2.48. The molecule has 1 fully saturated rings. The van der Waals surface area contributed by atoms with Crippen LogP contribution in [0.15, 0.2) is 28.7 Å². The van der Waals surface area contributed by atoms with Gasteiger partial charge in [0.2, 0.25) is 0 Å². The van der Waals surface area contributed by atoms with Gasteiger partial charge in [0, 0.05) is 29.1 Å². The standard InChI is InChI=1S/C16H25BrN2O/c1-13-8-9-18-16(2,3)12-19(13)10-11-20-15-6-4-14(17)5-7-15/h4-7,13,18H,8-12H2,1-3H3. The van der Waals surface area contributed by atoms with Crippen LogP contribution in [0, 0.1) is 0 Å². The lowest BCUT2D eigenvalue weighted by molar-refractivity contribution is 0.149. The highest BCUT2D eigenvalue weighted by Gasteiger charge is 2.27. The number of hydrogen-bond acceptors (Lipinski definition) is 3. The molecule has 0 saturated carbocycles. The molecular formula is C16H25BrN2O. The van der Waals surface area contributed by atoms with Gasteiger partial charge in [-0.1, -0.05) is 15.9 Å². The molecule has 1 N–H and O–H groups in total. The predicted molar refractivity (Wildman–Crippen MR) is 87.4 cm³/mol. The zero-order valence-corrected chi connectivity index (χ0v) is 14.2. The van der Waals surface area contributed by atoms with Crippen molar-refractivity contribution < 1.29 is 4.74 Å². The molecule has 0 aromatic heterocycles. The average Bonchev–Trinajstić information content (AvgIpc) is 2.51. The maximum atomic E-state index is 5.84. The second-order valence-corrected chi connectivity index (χ2v) is 7.14. The molecule has 0 bridgehead atoms. The molecule has 112 valence electrons. The first-order valence-electron chi connectivity index (χ1n) is 7.34. The molecule has 4 heteroatoms. The predicted octanol–water partition coefficient (Wildman–Crippen LogP) is 3.29. The summed E-state index contributed by atoms with van der Waals surface area (Å²) >= 11 is 3.43. The van der Waals surface area contributed by atoms with Crippen molar-refractivity contribution in [3.05, 3.63) is 28.7 Å². The van der Waals surface area contributed by atoms with Crippen LogP contribution < -0.4 is 10.1 Å². The Morgan fingerprint density at radius 3 is 2.75 bits per heavy atom. The second-order valence-electron chi connectivity index (χ2n) is 6.22. The summed E-state index contributed by atoms with van der Waals surface area (Å²) in [5.41, 5.74) is 0.183. The highest BCUT2D eigenvalue weighted by atomic mass is 79.9. The van der Waals surface area contributed by atoms with Crippen LogP contribution in [0.4, 0.5) is 0 Å². The molecule has 0 amide bonds. The summed E-state index contributed by atoms with van der Waals surface area (Å²) in [4.78, 5) is 2.53. The maximum Gasteiger partial charge on any atom is 0.119 e. The largest absolute Gasteiger partial charge is 0.492 e. The van der Waals surface area contributed by atoms with Crippen molar-refractivity contribution in [3.63, 3.8) is 0 Å². The van der Waals surface area contributed by atoms with E-state index in [0.29, 0.717) is 6.04 Å². The quantitative estimate of drug-likeness (QED) is 0.910. The number of rotatable bonds is 4. The summed E-state index contributed by atoms with van der Waals surface area (Å²) < 4.78 is 6.92. The summed E-state index contributed by atoms with van der Waals surface area (Å²) in [5.74, 6) is 0.938. The van der Waals surface area contributed by atoms with Crippen molar-refractivity contribution in [3.8, 4) is 5.75 Å². The van der Waals surface area contributed by atoms with Crippen LogP contribution in [0.2, 0.25) is 0 Å². The van der Waals surface area contributed by atoms with E-state index in [1.807, 2.05) is 24.3 Å². The molecule has 1 atom stereocenters. The van der Waals surface area contributed by atoms with Gasteiger partial charge in [-0.25, -0.2) is 0 Å². The fourth-order valence-corrected chi connectivity index (χ4v) is 2.90. The molecule has 3 nitrogen and oxygen atoms in total. The Bertz CT molecular complexity index is 419. The van der Waals surface area contributed by atoms with Crippen molar-refractivity contribution in [1.29, 1.82) is 0 Å². The summed E-state index contributed by atoms with van der Waals surface area (Å²) in [6.07, 6.45) is 1.20. The van der Waals surface area contributed by atoms with E-state index in [2.05, 4.69) is 46.9 Å². The molecule has 1 aromatic carbocycles. The number of hydrogen-bond donors (Lipinski definition) is 1. The summed E-state index contributed by atoms with van der Waals surface area (Å²) in [5, 5.41) is 3.61. The number of ether oxygens (including phenoxy) is 1. The van der Waals surface area contributed by atoms with Crippen LogP contribution in [0.3, 0.4) is 0 Å². The van der Waals surface area contributed by atoms with Gasteiger partial charge in [-0.2, -0.15) is 0 Å². The topological polar surface area (TPSA) is 24.5 Å². The lowest BCUT2D eigenvalue weighted by Gasteiger charge is -2.32. The van der Waals surface area contributed by atoms with Crippen molar-refractivity contribution >= 4 is 15.9 Å². The number of benzene rings is 1. The highest BCUT2D eigenvalue weighted by molar-refractivity contribution is 9.10. The normalized spacial score (nSPS) is 23.3. The van der Waals surface area contributed by atoms with Crippen LogP contribution in [-0.2, 0) is 0 Å². The molecule has 1 aromatic rings. The molecule has 1 heterocycles. The molecule has 1 saturated heterocycles. The SMILES string of the molecule is CC1CCNC(C)(C)CN1CCOc1ccc(Br)cc1. The monoisotopic (exact) mass is 340 g/mol. The Kier molecular flexibility index (Phi) is 5.47. The number of nitrogens with one attached hydrogen (secondary N) is 1. The molecule has 2 rings (SSSR count). The van der Waals surface area contributed by atoms with Crippen molar-refractivity contribution in [2.75, 3.05) is 26.2 Å². The minimum absolute atomic E-state index is 0.183. The Labute approximate surface area is 130 Å². The second kappa shape index (κ2) is 6.92. The lowest BCUT2D eigenvalue weighted by atomic mass is 10.1. The number of nitrogens with zero attached hydrogens (tertiary/aromatic N) is 1. The first kappa shape index (κ1) is 15.8. The van der Waals surface area contributed by atoms with E-state index < -0.39 is 0 Å². The van der Waals surface area contributed by atoms with Crippen molar-refractivity contribution in [2.24, 2.45) is 0 Å². The van der Waals surface area contributed by atoms with E-state index in [4.69, 9.17) is 4.74 Å². The zero-order chi connectivity index (χ0) is 14.6. The van der Waals surface area contributed by atoms with Gasteiger partial charge >= 0.3 is 0 Å². The van der Waals surface area contributed by atoms with Gasteiger partial charge in [0.1, 0.15) is 12.4 Å². The Morgan fingerprint density at radius 2 is 2.05 bits per heavy atom. The number of halogens is 1. The van der Waals surface area contributed by atoms with E-state index >= 15 is 0 Å². The van der Waals surface area contributed by atoms with Gasteiger partial charge in [-0.15, -0.1) is 0 Å². The van der Waals surface area contributed by atoms with Crippen LogP contribution in [0.25, 0.3) is 0 Å². The third-order valence-electron chi connectivity index (χ3n) is 3.85. The fourth-order valence-electron chi connectivity index (χ4n) is 2.63. The van der Waals surface area contributed by atoms with Crippen molar-refractivity contribution in [1.82, 2.24) is 10.2 Å². The Morgan fingerprint density at radius 1 is 1.35 bits per heavy atom. The molecule has 0 aliphatic carbocycles. The first-order chi connectivity index (χ1) is 9.46. The van der Waals surface area contributed by atoms with Gasteiger partial charge < -0.3 is 10.1 Å². The van der Waals surface area contributed by atoms with E-state index in [-0.39, 0.29) is 5.54 Å². The van der Waals surface area contributed by atoms with Crippen LogP contribution in [-0.4, -0.2) is 42.7 Å². The molecule has 1 aliphatic rings. The average molecular weight is 341 g/mol. The third-order valence-corrected chi connectivity index (χ3v) is 4.38. The van der Waals surface area contributed by atoms with E-state index in [1.54, 1.807) is 0 Å². The van der Waals surface area contributed by atoms with Crippen LogP contribution >= 0.6 is 15.9 Å². The van der Waals surface area contributed by atoms with Crippen molar-refractivity contribution in [2.45, 2.75) is 38.8 Å². The molecule has 1 aliphatic heterocycles. The molecule has 20 heavy (non-hydrogen) atoms. The maximum absolute atomic E-state index is 5.84. The summed E-state index contributed by atoms with van der Waals surface area (Å²) in [6.45, 7) is 10.7. The van der Waals surface area contributed by atoms with Gasteiger partial charge in [-0.3, -0.25) is 4.90 Å². The highest BCUT2D eigenvalue weighted by Crippen LogP contribution is 2.17. The van der Waals surface area contributed by atoms with Gasteiger partial charge in [0.15, 0.2) is 0 Å². The fraction of sp³-hybridized carbons (Fsp3) is 0.625. The first-order valence-corrected chi connectivity index (χ1v) is 8.13. The molecule has 0 spiro atoms. The third kappa shape index (κ3) is 4.76. The summed E-state index contributed by atoms with van der Waals surface area (Å²) in [7, 11) is 0. The van der Waals surface area contributed by atoms with Gasteiger partial charge in [-0.05, 0) is 58.0 Å². The molecule has 1 unspecified atom stereocenters. The zero-order valence-electron chi connectivity index (χ0n) is 12.7. The van der Waals surface area contributed by atoms with Crippen LogP contribution in [0.5, 0.6) is 5.75 Å². The van der Waals surface area contributed by atoms with E-state index in [1.165, 1.54) is 6.42 Å². The Balaban J connectivity index is 1.83. The summed E-state index contributed by atoms with van der Waals surface area (Å²) in [6, 6.07) is 8.63. The minimum Gasteiger partial charge on any atom is -0.492 e. The molecular weight excluding hydrogens is 316 g/mol. The van der Waals surface area contributed by atoms with Gasteiger partial charge in [0.05, 0.1) is 0 Å². The van der Waals surface area contributed by atoms with E-state index in [0.717, 1.165) is 36.5 Å². The molecule has 0 radical (unpaired) electrons. The smallest absolute Gasteiger partial charge is 0.119 e. The van der Waals surface area contributed by atoms with Gasteiger partial charge in [0.25, 0.3) is 0 Å². The van der Waals surface area contributed by atoms with E-state index in [9.17, 15) is 0 Å². The van der Waals surface area contributed by atoms with Crippen LogP contribution in [0.1, 0.15) is 27.2 Å².